The van der Waals surface area contributed by atoms with Crippen LogP contribution >= 0.6 is 0 Å². The predicted molar refractivity (Wildman–Crippen MR) is 104 cm³/mol. The molecule has 0 fully saturated rings. The molecular weight excluding hydrogens is 338 g/mol. The van der Waals surface area contributed by atoms with Crippen LogP contribution < -0.4 is 4.74 Å². The summed E-state index contributed by atoms with van der Waals surface area (Å²) in [5.74, 6) is 0.651. The van der Waals surface area contributed by atoms with Gasteiger partial charge in [-0.05, 0) is 36.4 Å². The van der Waals surface area contributed by atoms with Crippen LogP contribution in [0.3, 0.4) is 0 Å². The van der Waals surface area contributed by atoms with E-state index in [1.807, 2.05) is 84.9 Å². The van der Waals surface area contributed by atoms with Gasteiger partial charge in [0.1, 0.15) is 12.0 Å². The summed E-state index contributed by atoms with van der Waals surface area (Å²) < 4.78 is 11.2. The molecule has 1 atom stereocenters. The molecule has 1 amide bonds. The maximum absolute atomic E-state index is 13.3. The summed E-state index contributed by atoms with van der Waals surface area (Å²) in [6.45, 7) is 0. The maximum atomic E-state index is 13.3. The van der Waals surface area contributed by atoms with Crippen molar-refractivity contribution in [2.24, 2.45) is 0 Å². The van der Waals surface area contributed by atoms with Crippen LogP contribution in [0, 0.1) is 0 Å². The second-order valence-corrected chi connectivity index (χ2v) is 6.17. The number of amides is 1. The molecule has 0 saturated heterocycles. The lowest BCUT2D eigenvalue weighted by molar-refractivity contribution is 0.0424. The minimum atomic E-state index is -0.529. The van der Waals surface area contributed by atoms with E-state index >= 15 is 0 Å². The van der Waals surface area contributed by atoms with Gasteiger partial charge in [-0.2, -0.15) is 0 Å². The number of carbonyl (C=O) groups is 1. The Balaban J connectivity index is 1.74. The predicted octanol–water partition coefficient (Wildman–Crippen LogP) is 4.87. The summed E-state index contributed by atoms with van der Waals surface area (Å²) >= 11 is 0. The summed E-state index contributed by atoms with van der Waals surface area (Å²) in [5.41, 5.74) is 3.16. The Bertz CT molecular complexity index is 950. The van der Waals surface area contributed by atoms with E-state index in [2.05, 4.69) is 0 Å². The fourth-order valence-corrected chi connectivity index (χ4v) is 3.12. The first-order valence-electron chi connectivity index (χ1n) is 8.71. The molecule has 3 aromatic rings. The van der Waals surface area contributed by atoms with Crippen molar-refractivity contribution in [2.45, 2.75) is 6.23 Å². The molecule has 3 aromatic carbocycles. The van der Waals surface area contributed by atoms with Gasteiger partial charge in [-0.1, -0.05) is 48.5 Å². The molecule has 4 nitrogen and oxygen atoms in total. The second-order valence-electron chi connectivity index (χ2n) is 6.17. The molecule has 4 heteroatoms. The summed E-state index contributed by atoms with van der Waals surface area (Å²) in [4.78, 5) is 15.0. The minimum Gasteiger partial charge on any atom is -0.497 e. The Morgan fingerprint density at radius 3 is 2.15 bits per heavy atom. The van der Waals surface area contributed by atoms with Crippen LogP contribution in [0.5, 0.6) is 5.75 Å². The van der Waals surface area contributed by atoms with E-state index < -0.39 is 6.23 Å². The van der Waals surface area contributed by atoms with Gasteiger partial charge >= 0.3 is 0 Å². The quantitative estimate of drug-likeness (QED) is 0.669. The summed E-state index contributed by atoms with van der Waals surface area (Å²) in [7, 11) is 1.63. The van der Waals surface area contributed by atoms with Crippen molar-refractivity contribution in [3.05, 3.63) is 108 Å². The van der Waals surface area contributed by atoms with Gasteiger partial charge in [0, 0.05) is 16.7 Å². The molecule has 0 aromatic heterocycles. The van der Waals surface area contributed by atoms with Crippen molar-refractivity contribution in [3.63, 3.8) is 0 Å². The van der Waals surface area contributed by atoms with Crippen LogP contribution in [0.15, 0.2) is 91.2 Å². The molecule has 4 rings (SSSR count). The van der Waals surface area contributed by atoms with Gasteiger partial charge in [-0.15, -0.1) is 0 Å². The summed E-state index contributed by atoms with van der Waals surface area (Å²) in [6, 6.07) is 26.6. The molecule has 0 spiro atoms. The zero-order valence-corrected chi connectivity index (χ0v) is 14.9. The van der Waals surface area contributed by atoms with Crippen molar-refractivity contribution in [1.29, 1.82) is 0 Å². The molecule has 0 N–H and O–H groups in total. The SMILES string of the molecule is COc1ccc(C2OC=C(c3ccccc3)N2C(=O)c2ccccc2)cc1. The Hall–Kier alpha value is -3.53. The third kappa shape index (κ3) is 3.29. The number of hydrogen-bond acceptors (Lipinski definition) is 3. The number of benzene rings is 3. The molecule has 1 aliphatic heterocycles. The van der Waals surface area contributed by atoms with Gasteiger partial charge in [0.15, 0.2) is 0 Å². The summed E-state index contributed by atoms with van der Waals surface area (Å²) in [5, 5.41) is 0. The van der Waals surface area contributed by atoms with Crippen LogP contribution in [0.25, 0.3) is 5.70 Å². The number of nitrogens with zero attached hydrogens (tertiary/aromatic N) is 1. The topological polar surface area (TPSA) is 38.8 Å². The lowest BCUT2D eigenvalue weighted by atomic mass is 10.1. The molecule has 1 unspecified atom stereocenters. The molecule has 1 heterocycles. The van der Waals surface area contributed by atoms with Crippen LogP contribution in [0.1, 0.15) is 27.7 Å². The molecule has 0 aliphatic carbocycles. The van der Waals surface area contributed by atoms with E-state index in [1.54, 1.807) is 18.3 Å². The van der Waals surface area contributed by atoms with Gasteiger partial charge in [-0.3, -0.25) is 9.69 Å². The molecule has 0 bridgehead atoms. The highest BCUT2D eigenvalue weighted by Gasteiger charge is 2.35. The van der Waals surface area contributed by atoms with E-state index in [9.17, 15) is 4.79 Å². The van der Waals surface area contributed by atoms with Crippen LogP contribution in [-0.2, 0) is 4.74 Å². The van der Waals surface area contributed by atoms with Crippen molar-refractivity contribution < 1.29 is 14.3 Å². The zero-order chi connectivity index (χ0) is 18.6. The van der Waals surface area contributed by atoms with Gasteiger partial charge < -0.3 is 9.47 Å². The normalized spacial score (nSPS) is 15.8. The van der Waals surface area contributed by atoms with E-state index in [0.717, 1.165) is 22.6 Å². The number of methoxy groups -OCH3 is 1. The third-order valence-corrected chi connectivity index (χ3v) is 4.51. The van der Waals surface area contributed by atoms with Gasteiger partial charge in [0.2, 0.25) is 6.23 Å². The van der Waals surface area contributed by atoms with E-state index in [1.165, 1.54) is 0 Å². The Morgan fingerprint density at radius 2 is 1.52 bits per heavy atom. The van der Waals surface area contributed by atoms with Crippen LogP contribution in [-0.4, -0.2) is 17.9 Å². The lowest BCUT2D eigenvalue weighted by Gasteiger charge is -2.26. The Labute approximate surface area is 158 Å². The van der Waals surface area contributed by atoms with Crippen molar-refractivity contribution in [1.82, 2.24) is 4.90 Å². The first-order valence-corrected chi connectivity index (χ1v) is 8.71. The van der Waals surface area contributed by atoms with Gasteiger partial charge in [0.05, 0.1) is 12.8 Å². The monoisotopic (exact) mass is 357 g/mol. The van der Waals surface area contributed by atoms with Crippen LogP contribution in [0.4, 0.5) is 0 Å². The van der Waals surface area contributed by atoms with Crippen molar-refractivity contribution in [3.8, 4) is 5.75 Å². The average molecular weight is 357 g/mol. The van der Waals surface area contributed by atoms with Gasteiger partial charge in [0.25, 0.3) is 5.91 Å². The fourth-order valence-electron chi connectivity index (χ4n) is 3.12. The average Bonchev–Trinajstić information content (AvgIpc) is 3.19. The molecule has 1 aliphatic rings. The fraction of sp³-hybridized carbons (Fsp3) is 0.0870. The Kier molecular flexibility index (Phi) is 4.62. The molecule has 27 heavy (non-hydrogen) atoms. The summed E-state index contributed by atoms with van der Waals surface area (Å²) in [6.07, 6.45) is 1.13. The molecule has 134 valence electrons. The lowest BCUT2D eigenvalue weighted by Crippen LogP contribution is -2.30. The number of rotatable bonds is 4. The largest absolute Gasteiger partial charge is 0.497 e. The first kappa shape index (κ1) is 16.9. The van der Waals surface area contributed by atoms with Crippen molar-refractivity contribution >= 4 is 11.6 Å². The number of ether oxygens (including phenoxy) is 2. The number of carbonyl (C=O) groups excluding carboxylic acids is 1. The Morgan fingerprint density at radius 1 is 0.889 bits per heavy atom. The van der Waals surface area contributed by atoms with Crippen molar-refractivity contribution in [2.75, 3.05) is 7.11 Å². The standard InChI is InChI=1S/C23H19NO3/c1-26-20-14-12-19(13-15-20)23-24(22(25)18-10-6-3-7-11-18)21(16-27-23)17-8-4-2-5-9-17/h2-16,23H,1H3. The van der Waals surface area contributed by atoms with E-state index in [4.69, 9.17) is 9.47 Å². The zero-order valence-electron chi connectivity index (χ0n) is 14.9. The maximum Gasteiger partial charge on any atom is 0.261 e. The van der Waals surface area contributed by atoms with Crippen LogP contribution in [0.2, 0.25) is 0 Å². The highest BCUT2D eigenvalue weighted by atomic mass is 16.5. The number of hydrogen-bond donors (Lipinski definition) is 0. The smallest absolute Gasteiger partial charge is 0.261 e. The molecule has 0 radical (unpaired) electrons. The minimum absolute atomic E-state index is 0.107. The second kappa shape index (κ2) is 7.38. The molecule has 0 saturated carbocycles. The highest BCUT2D eigenvalue weighted by molar-refractivity contribution is 6.00. The van der Waals surface area contributed by atoms with Gasteiger partial charge in [-0.25, -0.2) is 0 Å². The van der Waals surface area contributed by atoms with E-state index in [-0.39, 0.29) is 5.91 Å². The first-order chi connectivity index (χ1) is 13.3. The van der Waals surface area contributed by atoms with E-state index in [0.29, 0.717) is 5.56 Å². The third-order valence-electron chi connectivity index (χ3n) is 4.51. The highest BCUT2D eigenvalue weighted by Crippen LogP contribution is 2.38. The molecular formula is C23H19NO3.